The third-order valence-corrected chi connectivity index (χ3v) is 23.3. The van der Waals surface area contributed by atoms with Crippen LogP contribution < -0.4 is 0 Å². The lowest BCUT2D eigenvalue weighted by Gasteiger charge is -2.52. The molecule has 4 nitrogen and oxygen atoms in total. The van der Waals surface area contributed by atoms with Gasteiger partial charge in [-0.3, -0.25) is 0 Å². The second kappa shape index (κ2) is 13.7. The SMILES string of the molecule is CCO[Si](CCN([Si](CC)(CC)CC)[Si](CC)(CC)CC)(OCC)OCC. The molecular formula is C20H49NO3Si3. The Kier molecular flexibility index (Phi) is 13.9. The molecule has 0 amide bonds. The molecule has 0 aromatic heterocycles. The summed E-state index contributed by atoms with van der Waals surface area (Å²) in [4.78, 5) is 0. The minimum Gasteiger partial charge on any atom is -0.374 e. The number of nitrogens with zero attached hydrogens (tertiary/aromatic N) is 1. The van der Waals surface area contributed by atoms with Gasteiger partial charge in [0.2, 0.25) is 0 Å². The van der Waals surface area contributed by atoms with Crippen molar-refractivity contribution >= 4 is 25.3 Å². The highest BCUT2D eigenvalue weighted by molar-refractivity contribution is 6.92. The van der Waals surface area contributed by atoms with Crippen molar-refractivity contribution in [3.8, 4) is 0 Å². The van der Waals surface area contributed by atoms with Gasteiger partial charge < -0.3 is 17.5 Å². The summed E-state index contributed by atoms with van der Waals surface area (Å²) >= 11 is 0. The lowest BCUT2D eigenvalue weighted by molar-refractivity contribution is 0.0707. The molecule has 0 fully saturated rings. The Labute approximate surface area is 173 Å². The Bertz CT molecular complexity index is 324. The van der Waals surface area contributed by atoms with Crippen molar-refractivity contribution in [2.45, 2.75) is 105 Å². The Morgan fingerprint density at radius 1 is 0.519 bits per heavy atom. The smallest absolute Gasteiger partial charge is 0.374 e. The summed E-state index contributed by atoms with van der Waals surface area (Å²) in [5.74, 6) is 0. The summed E-state index contributed by atoms with van der Waals surface area (Å²) < 4.78 is 21.7. The first-order valence-corrected chi connectivity index (χ1v) is 18.6. The van der Waals surface area contributed by atoms with Crippen molar-refractivity contribution in [1.82, 2.24) is 4.23 Å². The monoisotopic (exact) mass is 435 g/mol. The Morgan fingerprint density at radius 2 is 0.815 bits per heavy atom. The van der Waals surface area contributed by atoms with Crippen LogP contribution in [0.5, 0.6) is 0 Å². The third-order valence-electron chi connectivity index (χ3n) is 6.83. The van der Waals surface area contributed by atoms with E-state index in [-0.39, 0.29) is 0 Å². The third kappa shape index (κ3) is 6.76. The highest BCUT2D eigenvalue weighted by Crippen LogP contribution is 2.36. The molecule has 0 saturated heterocycles. The van der Waals surface area contributed by atoms with Crippen molar-refractivity contribution in [3.05, 3.63) is 0 Å². The van der Waals surface area contributed by atoms with Gasteiger partial charge in [-0.1, -0.05) is 41.5 Å². The maximum atomic E-state index is 6.19. The lowest BCUT2D eigenvalue weighted by Crippen LogP contribution is -2.67. The standard InChI is InChI=1S/C20H49NO3Si3/c1-10-22-27(23-11-2,24-12-3)20-19-21(25(13-4,14-5)15-6)26(16-7,17-8)18-9/h10-20H2,1-9H3. The van der Waals surface area contributed by atoms with E-state index >= 15 is 0 Å². The summed E-state index contributed by atoms with van der Waals surface area (Å²) in [7, 11) is -5.52. The zero-order valence-corrected chi connectivity index (χ0v) is 23.0. The molecule has 27 heavy (non-hydrogen) atoms. The van der Waals surface area contributed by atoms with E-state index in [0.29, 0.717) is 19.8 Å². The first kappa shape index (κ1) is 27.5. The van der Waals surface area contributed by atoms with E-state index in [1.54, 1.807) is 0 Å². The molecule has 0 aromatic rings. The minimum absolute atomic E-state index is 0.669. The first-order chi connectivity index (χ1) is 12.9. The van der Waals surface area contributed by atoms with Crippen LogP contribution in [0.2, 0.25) is 42.3 Å². The van der Waals surface area contributed by atoms with Crippen LogP contribution in [0.1, 0.15) is 62.3 Å². The predicted octanol–water partition coefficient (Wildman–Crippen LogP) is 6.35. The number of rotatable bonds is 17. The van der Waals surface area contributed by atoms with E-state index in [0.717, 1.165) is 12.6 Å². The molecule has 0 spiro atoms. The molecular weight excluding hydrogens is 386 g/mol. The molecule has 0 atom stereocenters. The van der Waals surface area contributed by atoms with Crippen LogP contribution in [0.3, 0.4) is 0 Å². The molecule has 0 saturated carbocycles. The summed E-state index contributed by atoms with van der Waals surface area (Å²) in [6, 6.07) is 9.03. The fourth-order valence-electron chi connectivity index (χ4n) is 4.87. The molecule has 164 valence electrons. The van der Waals surface area contributed by atoms with Gasteiger partial charge in [0.15, 0.2) is 0 Å². The number of hydrogen-bond acceptors (Lipinski definition) is 4. The van der Waals surface area contributed by atoms with Gasteiger partial charge in [0.05, 0.1) is 0 Å². The highest BCUT2D eigenvalue weighted by Gasteiger charge is 2.48. The topological polar surface area (TPSA) is 30.9 Å². The minimum atomic E-state index is -2.59. The maximum absolute atomic E-state index is 6.19. The Balaban J connectivity index is 5.94. The summed E-state index contributed by atoms with van der Waals surface area (Å²) in [5, 5.41) is 0. The van der Waals surface area contributed by atoms with E-state index < -0.39 is 25.3 Å². The van der Waals surface area contributed by atoms with Gasteiger partial charge in [-0.15, -0.1) is 0 Å². The molecule has 0 aliphatic heterocycles. The quantitative estimate of drug-likeness (QED) is 0.249. The highest BCUT2D eigenvalue weighted by atomic mass is 28.4. The molecule has 0 bridgehead atoms. The Morgan fingerprint density at radius 3 is 1.04 bits per heavy atom. The second-order valence-corrected chi connectivity index (χ2v) is 20.9. The van der Waals surface area contributed by atoms with E-state index in [1.807, 2.05) is 0 Å². The molecule has 7 heteroatoms. The fraction of sp³-hybridized carbons (Fsp3) is 1.00. The largest absolute Gasteiger partial charge is 0.502 e. The molecule has 0 radical (unpaired) electrons. The molecule has 0 aliphatic rings. The van der Waals surface area contributed by atoms with Gasteiger partial charge in [0.1, 0.15) is 16.5 Å². The Hall–Kier alpha value is 0.491. The van der Waals surface area contributed by atoms with Gasteiger partial charge >= 0.3 is 8.80 Å². The molecule has 0 rings (SSSR count). The van der Waals surface area contributed by atoms with Crippen LogP contribution in [-0.4, -0.2) is 55.9 Å². The van der Waals surface area contributed by atoms with Gasteiger partial charge in [-0.2, -0.15) is 0 Å². The van der Waals surface area contributed by atoms with Crippen molar-refractivity contribution in [2.24, 2.45) is 0 Å². The van der Waals surface area contributed by atoms with Crippen LogP contribution in [0, 0.1) is 0 Å². The maximum Gasteiger partial charge on any atom is 0.502 e. The van der Waals surface area contributed by atoms with Crippen LogP contribution in [0.25, 0.3) is 0 Å². The molecule has 0 N–H and O–H groups in total. The van der Waals surface area contributed by atoms with Crippen molar-refractivity contribution in [1.29, 1.82) is 0 Å². The second-order valence-electron chi connectivity index (χ2n) is 7.45. The summed E-state index contributed by atoms with van der Waals surface area (Å²) in [5.41, 5.74) is 0. The average molecular weight is 436 g/mol. The summed E-state index contributed by atoms with van der Waals surface area (Å²) in [6.45, 7) is 23.9. The molecule has 0 heterocycles. The van der Waals surface area contributed by atoms with Gasteiger partial charge in [-0.05, 0) is 63.6 Å². The van der Waals surface area contributed by atoms with Crippen molar-refractivity contribution in [3.63, 3.8) is 0 Å². The van der Waals surface area contributed by atoms with Crippen LogP contribution in [0.4, 0.5) is 0 Å². The molecule has 0 aliphatic carbocycles. The zero-order chi connectivity index (χ0) is 21.0. The van der Waals surface area contributed by atoms with Crippen LogP contribution in [-0.2, 0) is 13.3 Å². The van der Waals surface area contributed by atoms with Crippen molar-refractivity contribution < 1.29 is 13.3 Å². The fourth-order valence-corrected chi connectivity index (χ4v) is 21.2. The van der Waals surface area contributed by atoms with Gasteiger partial charge in [-0.25, -0.2) is 0 Å². The van der Waals surface area contributed by atoms with Crippen molar-refractivity contribution in [2.75, 3.05) is 26.4 Å². The summed E-state index contributed by atoms with van der Waals surface area (Å²) in [6.07, 6.45) is 0. The number of hydrogen-bond donors (Lipinski definition) is 0. The zero-order valence-electron chi connectivity index (χ0n) is 20.0. The van der Waals surface area contributed by atoms with Gasteiger partial charge in [0, 0.05) is 25.9 Å². The molecule has 0 unspecified atom stereocenters. The first-order valence-electron chi connectivity index (χ1n) is 11.6. The van der Waals surface area contributed by atoms with Crippen LogP contribution >= 0.6 is 0 Å². The van der Waals surface area contributed by atoms with E-state index in [2.05, 4.69) is 66.5 Å². The van der Waals surface area contributed by atoms with E-state index in [9.17, 15) is 0 Å². The lowest BCUT2D eigenvalue weighted by atomic mass is 10.8. The normalized spacial score (nSPS) is 13.6. The predicted molar refractivity (Wildman–Crippen MR) is 127 cm³/mol. The van der Waals surface area contributed by atoms with Crippen LogP contribution in [0.15, 0.2) is 0 Å². The van der Waals surface area contributed by atoms with E-state index in [4.69, 9.17) is 13.3 Å². The average Bonchev–Trinajstić information content (AvgIpc) is 2.69. The van der Waals surface area contributed by atoms with Gasteiger partial charge in [0.25, 0.3) is 0 Å². The van der Waals surface area contributed by atoms with E-state index in [1.165, 1.54) is 36.3 Å². The molecule has 0 aromatic carbocycles.